The highest BCUT2D eigenvalue weighted by Gasteiger charge is 2.20. The standard InChI is InChI=1S/C17H14FN3O3/c1-24-14-8-7-11(9-13(14)18)10-21-16(12-5-3-2-4-6-12)15(17(22)23)19-20-21/h2-9H,10H2,1H3,(H,22,23). The van der Waals surface area contributed by atoms with Crippen LogP contribution in [0.4, 0.5) is 4.39 Å². The van der Waals surface area contributed by atoms with E-state index in [0.29, 0.717) is 16.8 Å². The zero-order valence-electron chi connectivity index (χ0n) is 12.8. The van der Waals surface area contributed by atoms with Crippen molar-refractivity contribution < 1.29 is 19.0 Å². The lowest BCUT2D eigenvalue weighted by Gasteiger charge is -2.09. The first kappa shape index (κ1) is 15.7. The Kier molecular flexibility index (Phi) is 4.24. The molecule has 1 N–H and O–H groups in total. The topological polar surface area (TPSA) is 77.2 Å². The first-order valence-corrected chi connectivity index (χ1v) is 7.14. The summed E-state index contributed by atoms with van der Waals surface area (Å²) in [5.74, 6) is -1.51. The minimum atomic E-state index is -1.17. The molecule has 0 amide bonds. The fraction of sp³-hybridized carbons (Fsp3) is 0.118. The summed E-state index contributed by atoms with van der Waals surface area (Å²) in [5.41, 5.74) is 1.52. The van der Waals surface area contributed by atoms with Gasteiger partial charge >= 0.3 is 5.97 Å². The van der Waals surface area contributed by atoms with E-state index in [1.165, 1.54) is 23.9 Å². The van der Waals surface area contributed by atoms with Crippen LogP contribution in [0.2, 0.25) is 0 Å². The molecule has 1 aromatic heterocycles. The number of methoxy groups -OCH3 is 1. The van der Waals surface area contributed by atoms with Gasteiger partial charge in [-0.05, 0) is 17.7 Å². The number of aromatic nitrogens is 3. The molecule has 0 aliphatic carbocycles. The van der Waals surface area contributed by atoms with Gasteiger partial charge in [-0.25, -0.2) is 13.9 Å². The molecule has 3 aromatic rings. The molecule has 2 aromatic carbocycles. The Morgan fingerprint density at radius 1 is 1.25 bits per heavy atom. The van der Waals surface area contributed by atoms with E-state index in [1.807, 2.05) is 6.07 Å². The second-order valence-electron chi connectivity index (χ2n) is 5.08. The summed E-state index contributed by atoms with van der Waals surface area (Å²) in [5, 5.41) is 17.0. The second kappa shape index (κ2) is 6.49. The maximum absolute atomic E-state index is 13.8. The zero-order chi connectivity index (χ0) is 17.1. The molecule has 0 fully saturated rings. The van der Waals surface area contributed by atoms with Gasteiger partial charge in [0.2, 0.25) is 0 Å². The molecule has 0 bridgehead atoms. The Labute approximate surface area is 137 Å². The van der Waals surface area contributed by atoms with Crippen LogP contribution in [-0.4, -0.2) is 33.2 Å². The summed E-state index contributed by atoms with van der Waals surface area (Å²) in [7, 11) is 1.39. The van der Waals surface area contributed by atoms with Crippen molar-refractivity contribution in [1.29, 1.82) is 0 Å². The van der Waals surface area contributed by atoms with Gasteiger partial charge in [0.25, 0.3) is 0 Å². The molecule has 0 unspecified atom stereocenters. The number of rotatable bonds is 5. The van der Waals surface area contributed by atoms with Gasteiger partial charge in [-0.15, -0.1) is 5.10 Å². The predicted octanol–water partition coefficient (Wildman–Crippen LogP) is 2.84. The largest absolute Gasteiger partial charge is 0.494 e. The molecule has 0 aliphatic heterocycles. The van der Waals surface area contributed by atoms with E-state index in [-0.39, 0.29) is 18.0 Å². The molecule has 24 heavy (non-hydrogen) atoms. The third-order valence-corrected chi connectivity index (χ3v) is 3.53. The van der Waals surface area contributed by atoms with Crippen LogP contribution < -0.4 is 4.74 Å². The van der Waals surface area contributed by atoms with E-state index < -0.39 is 11.8 Å². The Balaban J connectivity index is 2.03. The second-order valence-corrected chi connectivity index (χ2v) is 5.08. The maximum Gasteiger partial charge on any atom is 0.358 e. The van der Waals surface area contributed by atoms with Gasteiger partial charge in [0, 0.05) is 5.56 Å². The van der Waals surface area contributed by atoms with Crippen LogP contribution in [-0.2, 0) is 6.54 Å². The van der Waals surface area contributed by atoms with Gasteiger partial charge in [0.1, 0.15) is 5.69 Å². The zero-order valence-corrected chi connectivity index (χ0v) is 12.8. The molecule has 6 nitrogen and oxygen atoms in total. The molecular formula is C17H14FN3O3. The first-order valence-electron chi connectivity index (χ1n) is 7.14. The lowest BCUT2D eigenvalue weighted by molar-refractivity contribution is 0.0691. The lowest BCUT2D eigenvalue weighted by atomic mass is 10.1. The van der Waals surface area contributed by atoms with Crippen molar-refractivity contribution >= 4 is 5.97 Å². The molecule has 0 aliphatic rings. The first-order chi connectivity index (χ1) is 11.6. The number of benzene rings is 2. The Morgan fingerprint density at radius 3 is 2.62 bits per heavy atom. The van der Waals surface area contributed by atoms with Crippen molar-refractivity contribution in [3.05, 3.63) is 65.6 Å². The fourth-order valence-corrected chi connectivity index (χ4v) is 2.43. The number of hydrogen-bond donors (Lipinski definition) is 1. The molecule has 1 heterocycles. The van der Waals surface area contributed by atoms with E-state index in [0.717, 1.165) is 0 Å². The van der Waals surface area contributed by atoms with E-state index in [2.05, 4.69) is 10.3 Å². The summed E-state index contributed by atoms with van der Waals surface area (Å²) >= 11 is 0. The highest BCUT2D eigenvalue weighted by atomic mass is 19.1. The van der Waals surface area contributed by atoms with Crippen molar-refractivity contribution in [2.45, 2.75) is 6.54 Å². The molecule has 122 valence electrons. The van der Waals surface area contributed by atoms with E-state index >= 15 is 0 Å². The van der Waals surface area contributed by atoms with Crippen LogP contribution in [0.15, 0.2) is 48.5 Å². The number of nitrogens with zero attached hydrogens (tertiary/aromatic N) is 3. The Hall–Kier alpha value is -3.22. The van der Waals surface area contributed by atoms with Crippen molar-refractivity contribution in [3.63, 3.8) is 0 Å². The van der Waals surface area contributed by atoms with Crippen LogP contribution in [0, 0.1) is 5.82 Å². The minimum absolute atomic E-state index is 0.143. The van der Waals surface area contributed by atoms with Crippen molar-refractivity contribution in [1.82, 2.24) is 15.0 Å². The van der Waals surface area contributed by atoms with Gasteiger partial charge in [-0.1, -0.05) is 41.6 Å². The molecule has 7 heteroatoms. The lowest BCUT2D eigenvalue weighted by Crippen LogP contribution is -2.06. The van der Waals surface area contributed by atoms with Gasteiger partial charge in [-0.2, -0.15) is 0 Å². The third kappa shape index (κ3) is 2.96. The summed E-state index contributed by atoms with van der Waals surface area (Å²) in [6.45, 7) is 0.186. The van der Waals surface area contributed by atoms with Crippen LogP contribution in [0.1, 0.15) is 16.1 Å². The number of halogens is 1. The van der Waals surface area contributed by atoms with Crippen LogP contribution in [0.25, 0.3) is 11.3 Å². The quantitative estimate of drug-likeness (QED) is 0.780. The fourth-order valence-electron chi connectivity index (χ4n) is 2.43. The van der Waals surface area contributed by atoms with E-state index in [4.69, 9.17) is 4.74 Å². The molecule has 0 saturated heterocycles. The van der Waals surface area contributed by atoms with E-state index in [9.17, 15) is 14.3 Å². The molecule has 0 atom stereocenters. The third-order valence-electron chi connectivity index (χ3n) is 3.53. The van der Waals surface area contributed by atoms with Crippen LogP contribution >= 0.6 is 0 Å². The highest BCUT2D eigenvalue weighted by Crippen LogP contribution is 2.24. The molecule has 0 spiro atoms. The maximum atomic E-state index is 13.8. The van der Waals surface area contributed by atoms with Gasteiger partial charge < -0.3 is 9.84 Å². The number of ether oxygens (including phenoxy) is 1. The SMILES string of the molecule is COc1ccc(Cn2nnc(C(=O)O)c2-c2ccccc2)cc1F. The van der Waals surface area contributed by atoms with Crippen molar-refractivity contribution in [3.8, 4) is 17.0 Å². The van der Waals surface area contributed by atoms with Crippen LogP contribution in [0.5, 0.6) is 5.75 Å². The smallest absolute Gasteiger partial charge is 0.358 e. The molecule has 0 saturated carbocycles. The molecule has 3 rings (SSSR count). The van der Waals surface area contributed by atoms with Gasteiger partial charge in [-0.3, -0.25) is 0 Å². The average molecular weight is 327 g/mol. The predicted molar refractivity (Wildman–Crippen MR) is 84.5 cm³/mol. The van der Waals surface area contributed by atoms with Gasteiger partial charge in [0.15, 0.2) is 17.3 Å². The van der Waals surface area contributed by atoms with Gasteiger partial charge in [0.05, 0.1) is 13.7 Å². The number of carboxylic acid groups (broad SMARTS) is 1. The highest BCUT2D eigenvalue weighted by molar-refractivity contribution is 5.92. The molecule has 0 radical (unpaired) electrons. The average Bonchev–Trinajstić information content (AvgIpc) is 2.99. The summed E-state index contributed by atoms with van der Waals surface area (Å²) in [6, 6.07) is 13.5. The monoisotopic (exact) mass is 327 g/mol. The number of hydrogen-bond acceptors (Lipinski definition) is 4. The van der Waals surface area contributed by atoms with E-state index in [1.54, 1.807) is 30.3 Å². The summed E-state index contributed by atoms with van der Waals surface area (Å²) < 4.78 is 20.2. The number of carboxylic acids is 1. The normalized spacial score (nSPS) is 10.6. The molecular weight excluding hydrogens is 313 g/mol. The van der Waals surface area contributed by atoms with Crippen molar-refractivity contribution in [2.24, 2.45) is 0 Å². The summed E-state index contributed by atoms with van der Waals surface area (Å²) in [6.07, 6.45) is 0. The Morgan fingerprint density at radius 2 is 2.00 bits per heavy atom. The minimum Gasteiger partial charge on any atom is -0.494 e. The Bertz CT molecular complexity index is 878. The van der Waals surface area contributed by atoms with Crippen molar-refractivity contribution in [2.75, 3.05) is 7.11 Å². The van der Waals surface area contributed by atoms with Crippen LogP contribution in [0.3, 0.4) is 0 Å². The number of carbonyl (C=O) groups is 1. The summed E-state index contributed by atoms with van der Waals surface area (Å²) in [4.78, 5) is 11.4. The number of aromatic carboxylic acids is 1.